The number of nitro groups is 1. The van der Waals surface area contributed by atoms with Gasteiger partial charge in [0.05, 0.1) is 4.92 Å². The minimum absolute atomic E-state index is 0.0355. The molecule has 0 aromatic heterocycles. The van der Waals surface area contributed by atoms with Crippen molar-refractivity contribution in [3.05, 3.63) is 74.8 Å². The molecule has 0 aliphatic rings. The first-order chi connectivity index (χ1) is 13.2. The van der Waals surface area contributed by atoms with Gasteiger partial charge < -0.3 is 10.1 Å². The van der Waals surface area contributed by atoms with Crippen LogP contribution in [0.4, 0.5) is 11.4 Å². The quantitative estimate of drug-likeness (QED) is 0.351. The minimum atomic E-state index is -0.978. The number of carbonyl (C=O) groups is 2. The molecule has 0 aliphatic carbocycles. The maximum atomic E-state index is 12.3. The van der Waals surface area contributed by atoms with Crippen molar-refractivity contribution in [1.29, 1.82) is 0 Å². The van der Waals surface area contributed by atoms with Crippen LogP contribution in [0.15, 0.2) is 42.5 Å². The van der Waals surface area contributed by atoms with Crippen LogP contribution < -0.4 is 5.32 Å². The molecule has 7 heteroatoms. The van der Waals surface area contributed by atoms with Gasteiger partial charge in [0.15, 0.2) is 6.10 Å². The fourth-order valence-electron chi connectivity index (χ4n) is 2.74. The van der Waals surface area contributed by atoms with E-state index in [0.29, 0.717) is 11.3 Å². The summed E-state index contributed by atoms with van der Waals surface area (Å²) in [5.41, 5.74) is 4.24. The molecule has 1 atom stereocenters. The van der Waals surface area contributed by atoms with E-state index in [2.05, 4.69) is 5.32 Å². The highest BCUT2D eigenvalue weighted by molar-refractivity contribution is 5.97. The number of hydrogen-bond acceptors (Lipinski definition) is 5. The van der Waals surface area contributed by atoms with E-state index in [1.54, 1.807) is 0 Å². The predicted molar refractivity (Wildman–Crippen MR) is 107 cm³/mol. The van der Waals surface area contributed by atoms with Crippen LogP contribution in [0, 0.1) is 30.9 Å². The third-order valence-corrected chi connectivity index (χ3v) is 4.10. The van der Waals surface area contributed by atoms with Gasteiger partial charge in [0, 0.05) is 23.9 Å². The smallest absolute Gasteiger partial charge is 0.331 e. The number of ether oxygens (including phenoxy) is 1. The molecule has 7 nitrogen and oxygen atoms in total. The lowest BCUT2D eigenvalue weighted by atomic mass is 10.0. The summed E-state index contributed by atoms with van der Waals surface area (Å²) in [5, 5.41) is 13.4. The number of non-ortho nitro benzene ring substituents is 1. The molecule has 0 spiro atoms. The summed E-state index contributed by atoms with van der Waals surface area (Å²) in [5.74, 6) is -1.11. The van der Waals surface area contributed by atoms with Gasteiger partial charge in [-0.1, -0.05) is 17.7 Å². The number of nitrogens with zero attached hydrogens (tertiary/aromatic N) is 1. The summed E-state index contributed by atoms with van der Waals surface area (Å²) in [6, 6.07) is 9.64. The van der Waals surface area contributed by atoms with Crippen LogP contribution in [0.25, 0.3) is 6.08 Å². The van der Waals surface area contributed by atoms with Crippen molar-refractivity contribution in [3.8, 4) is 0 Å². The lowest BCUT2D eigenvalue weighted by Crippen LogP contribution is -2.30. The number of hydrogen-bond donors (Lipinski definition) is 1. The van der Waals surface area contributed by atoms with E-state index in [9.17, 15) is 19.7 Å². The largest absolute Gasteiger partial charge is 0.449 e. The third kappa shape index (κ3) is 5.51. The Morgan fingerprint density at radius 1 is 1.11 bits per heavy atom. The average Bonchev–Trinajstić information content (AvgIpc) is 2.63. The second kappa shape index (κ2) is 8.94. The van der Waals surface area contributed by atoms with E-state index in [-0.39, 0.29) is 5.69 Å². The van der Waals surface area contributed by atoms with E-state index in [4.69, 9.17) is 4.74 Å². The molecule has 2 rings (SSSR count). The number of rotatable bonds is 6. The highest BCUT2D eigenvalue weighted by Crippen LogP contribution is 2.22. The van der Waals surface area contributed by atoms with Gasteiger partial charge >= 0.3 is 5.97 Å². The number of nitro benzene ring substituents is 1. The van der Waals surface area contributed by atoms with Crippen LogP contribution >= 0.6 is 0 Å². The molecule has 1 N–H and O–H groups in total. The van der Waals surface area contributed by atoms with Gasteiger partial charge in [-0.2, -0.15) is 0 Å². The fourth-order valence-corrected chi connectivity index (χ4v) is 2.74. The van der Waals surface area contributed by atoms with Gasteiger partial charge in [0.1, 0.15) is 0 Å². The number of nitrogens with one attached hydrogen (secondary N) is 1. The van der Waals surface area contributed by atoms with Crippen molar-refractivity contribution in [2.24, 2.45) is 0 Å². The van der Waals surface area contributed by atoms with E-state index >= 15 is 0 Å². The predicted octanol–water partition coefficient (Wildman–Crippen LogP) is 4.10. The maximum absolute atomic E-state index is 12.3. The lowest BCUT2D eigenvalue weighted by molar-refractivity contribution is -0.384. The van der Waals surface area contributed by atoms with Crippen LogP contribution in [0.2, 0.25) is 0 Å². The Morgan fingerprint density at radius 3 is 2.21 bits per heavy atom. The Labute approximate surface area is 163 Å². The van der Waals surface area contributed by atoms with Crippen LogP contribution in [0.3, 0.4) is 0 Å². The second-order valence-corrected chi connectivity index (χ2v) is 6.52. The topological polar surface area (TPSA) is 98.5 Å². The SMILES string of the molecule is Cc1cc(C)c(NC(=O)C(C)OC(=O)/C=C/c2ccc([N+](=O)[O-])cc2)c(C)c1. The third-order valence-electron chi connectivity index (χ3n) is 4.10. The van der Waals surface area contributed by atoms with Gasteiger partial charge in [0.25, 0.3) is 11.6 Å². The van der Waals surface area contributed by atoms with Crippen molar-refractivity contribution < 1.29 is 19.2 Å². The number of aryl methyl sites for hydroxylation is 3. The molecule has 0 heterocycles. The molecule has 2 aromatic carbocycles. The maximum Gasteiger partial charge on any atom is 0.331 e. The molecule has 28 heavy (non-hydrogen) atoms. The van der Waals surface area contributed by atoms with Gasteiger partial charge in [-0.3, -0.25) is 14.9 Å². The first kappa shape index (κ1) is 20.8. The van der Waals surface area contributed by atoms with Gasteiger partial charge in [-0.05, 0) is 62.6 Å². The lowest BCUT2D eigenvalue weighted by Gasteiger charge is -2.16. The molecule has 0 saturated carbocycles. The highest BCUT2D eigenvalue weighted by atomic mass is 16.6. The van der Waals surface area contributed by atoms with Gasteiger partial charge in [-0.25, -0.2) is 4.79 Å². The van der Waals surface area contributed by atoms with Crippen LogP contribution in [-0.2, 0) is 14.3 Å². The number of anilines is 1. The minimum Gasteiger partial charge on any atom is -0.449 e. The summed E-state index contributed by atoms with van der Waals surface area (Å²) < 4.78 is 5.13. The molecule has 1 amide bonds. The summed E-state index contributed by atoms with van der Waals surface area (Å²) in [6.07, 6.45) is 1.66. The summed E-state index contributed by atoms with van der Waals surface area (Å²) in [6.45, 7) is 7.28. The number of esters is 1. The van der Waals surface area contributed by atoms with Crippen molar-refractivity contribution in [2.75, 3.05) is 5.32 Å². The summed E-state index contributed by atoms with van der Waals surface area (Å²) in [7, 11) is 0. The molecule has 146 valence electrons. The van der Waals surface area contributed by atoms with Gasteiger partial charge in [0.2, 0.25) is 0 Å². The standard InChI is InChI=1S/C21H22N2O5/c1-13-11-14(2)20(15(3)12-13)22-21(25)16(4)28-19(24)10-7-17-5-8-18(9-6-17)23(26)27/h5-12,16H,1-4H3,(H,22,25)/b10-7+. The van der Waals surface area contributed by atoms with Crippen molar-refractivity contribution in [3.63, 3.8) is 0 Å². The Hall–Kier alpha value is -3.48. The average molecular weight is 382 g/mol. The van der Waals surface area contributed by atoms with Crippen LogP contribution in [-0.4, -0.2) is 22.9 Å². The molecule has 1 unspecified atom stereocenters. The first-order valence-corrected chi connectivity index (χ1v) is 8.69. The second-order valence-electron chi connectivity index (χ2n) is 6.52. The summed E-state index contributed by atoms with van der Waals surface area (Å²) >= 11 is 0. The number of amides is 1. The zero-order chi connectivity index (χ0) is 20.8. The van der Waals surface area contributed by atoms with Gasteiger partial charge in [-0.15, -0.1) is 0 Å². The highest BCUT2D eigenvalue weighted by Gasteiger charge is 2.18. The zero-order valence-electron chi connectivity index (χ0n) is 16.2. The molecule has 0 fully saturated rings. The van der Waals surface area contributed by atoms with Crippen molar-refractivity contribution in [1.82, 2.24) is 0 Å². The van der Waals surface area contributed by atoms with E-state index in [1.807, 2.05) is 32.9 Å². The molecular formula is C21H22N2O5. The van der Waals surface area contributed by atoms with E-state index in [0.717, 1.165) is 16.7 Å². The first-order valence-electron chi connectivity index (χ1n) is 8.69. The van der Waals surface area contributed by atoms with Crippen LogP contribution in [0.5, 0.6) is 0 Å². The Morgan fingerprint density at radius 2 is 1.68 bits per heavy atom. The molecular weight excluding hydrogens is 360 g/mol. The number of benzene rings is 2. The zero-order valence-corrected chi connectivity index (χ0v) is 16.2. The normalized spacial score (nSPS) is 11.9. The number of carbonyl (C=O) groups excluding carboxylic acids is 2. The van der Waals surface area contributed by atoms with Crippen molar-refractivity contribution >= 4 is 29.3 Å². The Bertz CT molecular complexity index is 909. The molecule has 0 aliphatic heterocycles. The van der Waals surface area contributed by atoms with E-state index < -0.39 is 22.9 Å². The molecule has 2 aromatic rings. The Balaban J connectivity index is 1.96. The van der Waals surface area contributed by atoms with Crippen molar-refractivity contribution in [2.45, 2.75) is 33.8 Å². The fraction of sp³-hybridized carbons (Fsp3) is 0.238. The Kier molecular flexibility index (Phi) is 6.65. The van der Waals surface area contributed by atoms with Crippen LogP contribution in [0.1, 0.15) is 29.2 Å². The summed E-state index contributed by atoms with van der Waals surface area (Å²) in [4.78, 5) is 34.4. The molecule has 0 saturated heterocycles. The van der Waals surface area contributed by atoms with E-state index in [1.165, 1.54) is 43.3 Å². The molecule has 0 bridgehead atoms. The monoisotopic (exact) mass is 382 g/mol. The molecule has 0 radical (unpaired) electrons.